The number of rotatable bonds is 6. The predicted octanol–water partition coefficient (Wildman–Crippen LogP) is 3.85. The van der Waals surface area contributed by atoms with Crippen molar-refractivity contribution < 1.29 is 4.79 Å². The molecule has 0 saturated heterocycles. The number of pyridine rings is 2. The van der Waals surface area contributed by atoms with Crippen molar-refractivity contribution in [3.05, 3.63) is 78.2 Å². The number of amides is 2. The fourth-order valence-corrected chi connectivity index (χ4v) is 2.98. The number of H-pyrrole nitrogens is 1. The van der Waals surface area contributed by atoms with Crippen LogP contribution >= 0.6 is 0 Å². The Morgan fingerprint density at radius 1 is 1.14 bits per heavy atom. The number of aromatic nitrogens is 4. The van der Waals surface area contributed by atoms with Gasteiger partial charge in [-0.05, 0) is 24.1 Å². The Morgan fingerprint density at radius 2 is 2.00 bits per heavy atom. The Kier molecular flexibility index (Phi) is 5.33. The molecule has 2 amide bonds. The number of aromatic amines is 1. The summed E-state index contributed by atoms with van der Waals surface area (Å²) in [6.07, 6.45) is 5.22. The van der Waals surface area contributed by atoms with E-state index in [1.54, 1.807) is 24.7 Å². The van der Waals surface area contributed by atoms with Crippen LogP contribution in [0.25, 0.3) is 10.9 Å². The van der Waals surface area contributed by atoms with E-state index in [1.165, 1.54) is 0 Å². The summed E-state index contributed by atoms with van der Waals surface area (Å²) in [7, 11) is 0. The maximum absolute atomic E-state index is 12.3. The summed E-state index contributed by atoms with van der Waals surface area (Å²) in [6, 6.07) is 15.0. The van der Waals surface area contributed by atoms with Gasteiger partial charge < -0.3 is 10.6 Å². The third kappa shape index (κ3) is 4.49. The van der Waals surface area contributed by atoms with Crippen molar-refractivity contribution in [2.75, 3.05) is 10.6 Å². The van der Waals surface area contributed by atoms with E-state index < -0.39 is 0 Å². The lowest BCUT2D eigenvalue weighted by Gasteiger charge is -2.14. The van der Waals surface area contributed by atoms with Gasteiger partial charge in [0.05, 0.1) is 16.9 Å². The number of benzene rings is 1. The van der Waals surface area contributed by atoms with E-state index in [2.05, 4.69) is 36.1 Å². The van der Waals surface area contributed by atoms with Gasteiger partial charge in [0.1, 0.15) is 5.82 Å². The maximum Gasteiger partial charge on any atom is 0.320 e. The van der Waals surface area contributed by atoms with Crippen LogP contribution in [0.1, 0.15) is 24.1 Å². The van der Waals surface area contributed by atoms with E-state index >= 15 is 0 Å². The molecule has 4 rings (SSSR count). The molecule has 8 nitrogen and oxygen atoms in total. The number of fused-ring (bicyclic) bond motifs is 1. The van der Waals surface area contributed by atoms with Crippen molar-refractivity contribution in [1.82, 2.24) is 25.5 Å². The van der Waals surface area contributed by atoms with Crippen LogP contribution in [0.15, 0.2) is 67.1 Å². The second-order valence-corrected chi connectivity index (χ2v) is 6.63. The second-order valence-electron chi connectivity index (χ2n) is 6.63. The number of carbonyl (C=O) groups is 1. The minimum absolute atomic E-state index is 0.115. The molecule has 3 heterocycles. The highest BCUT2D eigenvalue weighted by Crippen LogP contribution is 2.22. The number of nitrogens with one attached hydrogen (secondary N) is 4. The fourth-order valence-electron chi connectivity index (χ4n) is 2.98. The lowest BCUT2D eigenvalue weighted by atomic mass is 10.1. The van der Waals surface area contributed by atoms with E-state index in [0.717, 1.165) is 22.0 Å². The molecule has 1 unspecified atom stereocenters. The zero-order valence-corrected chi connectivity index (χ0v) is 15.9. The summed E-state index contributed by atoms with van der Waals surface area (Å²) in [4.78, 5) is 20.7. The van der Waals surface area contributed by atoms with Crippen molar-refractivity contribution in [2.45, 2.75) is 19.5 Å². The first-order valence-electron chi connectivity index (χ1n) is 9.28. The van der Waals surface area contributed by atoms with Gasteiger partial charge in [-0.25, -0.2) is 9.78 Å². The predicted molar refractivity (Wildman–Crippen MR) is 112 cm³/mol. The molecule has 0 fully saturated rings. The Hall–Kier alpha value is -3.94. The van der Waals surface area contributed by atoms with E-state index in [9.17, 15) is 4.79 Å². The molecule has 0 bridgehead atoms. The fraction of sp³-hybridized carbons (Fsp3) is 0.143. The molecule has 0 aliphatic carbocycles. The van der Waals surface area contributed by atoms with Crippen LogP contribution in [-0.2, 0) is 6.54 Å². The molecular formula is C21H21N7O. The van der Waals surface area contributed by atoms with Crippen molar-refractivity contribution in [1.29, 1.82) is 0 Å². The summed E-state index contributed by atoms with van der Waals surface area (Å²) in [5.74, 6) is 1.14. The number of hydrogen-bond donors (Lipinski definition) is 4. The van der Waals surface area contributed by atoms with Crippen LogP contribution in [0.5, 0.6) is 0 Å². The third-order valence-corrected chi connectivity index (χ3v) is 4.52. The van der Waals surface area contributed by atoms with E-state index in [-0.39, 0.29) is 12.1 Å². The smallest absolute Gasteiger partial charge is 0.320 e. The number of nitrogens with zero attached hydrogens (tertiary/aromatic N) is 3. The minimum Gasteiger partial charge on any atom is -0.364 e. The lowest BCUT2D eigenvalue weighted by molar-refractivity contribution is 0.249. The Morgan fingerprint density at radius 3 is 2.79 bits per heavy atom. The van der Waals surface area contributed by atoms with Crippen molar-refractivity contribution in [3.8, 4) is 0 Å². The topological polar surface area (TPSA) is 108 Å². The largest absolute Gasteiger partial charge is 0.364 e. The Balaban J connectivity index is 1.39. The average molecular weight is 387 g/mol. The van der Waals surface area contributed by atoms with Crippen molar-refractivity contribution >= 4 is 28.6 Å². The quantitative estimate of drug-likeness (QED) is 0.402. The van der Waals surface area contributed by atoms with Crippen LogP contribution in [0.3, 0.4) is 0 Å². The summed E-state index contributed by atoms with van der Waals surface area (Å²) in [5, 5.41) is 17.0. The molecule has 29 heavy (non-hydrogen) atoms. The molecule has 4 N–H and O–H groups in total. The summed E-state index contributed by atoms with van der Waals surface area (Å²) < 4.78 is 0. The number of anilines is 2. The van der Waals surface area contributed by atoms with Crippen molar-refractivity contribution in [3.63, 3.8) is 0 Å². The standard InChI is InChI=1S/C21H21N7O/c1-14(16-7-3-2-4-8-16)25-21(29)26-19-10-18-17(13-23-19)20(28-27-18)24-12-15-6-5-9-22-11-15/h2-11,13-14H,12H2,1H3,(H2,24,27,28)(H2,23,25,26,29). The number of carbonyl (C=O) groups excluding carboxylic acids is 1. The van der Waals surface area contributed by atoms with Gasteiger partial charge in [0.2, 0.25) is 0 Å². The first-order chi connectivity index (χ1) is 14.2. The van der Waals surface area contributed by atoms with Gasteiger partial charge in [0.25, 0.3) is 0 Å². The molecule has 0 radical (unpaired) electrons. The highest BCUT2D eigenvalue weighted by molar-refractivity contribution is 5.94. The molecule has 0 spiro atoms. The maximum atomic E-state index is 12.3. The first kappa shape index (κ1) is 18.4. The minimum atomic E-state index is -0.317. The molecular weight excluding hydrogens is 366 g/mol. The molecule has 0 aliphatic rings. The van der Waals surface area contributed by atoms with Gasteiger partial charge in [-0.1, -0.05) is 36.4 Å². The van der Waals surface area contributed by atoms with E-state index in [4.69, 9.17) is 0 Å². The highest BCUT2D eigenvalue weighted by atomic mass is 16.2. The summed E-state index contributed by atoms with van der Waals surface area (Å²) >= 11 is 0. The SMILES string of the molecule is CC(NC(=O)Nc1cc2[nH]nc(NCc3cccnc3)c2cn1)c1ccccc1. The summed E-state index contributed by atoms with van der Waals surface area (Å²) in [5.41, 5.74) is 2.86. The van der Waals surface area contributed by atoms with Gasteiger partial charge in [0, 0.05) is 31.2 Å². The second kappa shape index (κ2) is 8.39. The van der Waals surface area contributed by atoms with Gasteiger partial charge in [0.15, 0.2) is 5.82 Å². The van der Waals surface area contributed by atoms with Gasteiger partial charge >= 0.3 is 6.03 Å². The number of urea groups is 1. The zero-order chi connectivity index (χ0) is 20.1. The van der Waals surface area contributed by atoms with Crippen LogP contribution in [0, 0.1) is 0 Å². The zero-order valence-electron chi connectivity index (χ0n) is 15.9. The van der Waals surface area contributed by atoms with Gasteiger partial charge in [-0.2, -0.15) is 5.10 Å². The molecule has 4 aromatic rings. The molecule has 8 heteroatoms. The highest BCUT2D eigenvalue weighted by Gasteiger charge is 2.12. The lowest BCUT2D eigenvalue weighted by Crippen LogP contribution is -2.31. The normalized spacial score (nSPS) is 11.8. The van der Waals surface area contributed by atoms with E-state index in [1.807, 2.05) is 49.4 Å². The van der Waals surface area contributed by atoms with Gasteiger partial charge in [-0.15, -0.1) is 0 Å². The van der Waals surface area contributed by atoms with E-state index in [0.29, 0.717) is 18.2 Å². The van der Waals surface area contributed by atoms with Crippen LogP contribution in [0.4, 0.5) is 16.4 Å². The molecule has 1 aromatic carbocycles. The average Bonchev–Trinajstić information content (AvgIpc) is 3.15. The van der Waals surface area contributed by atoms with Crippen LogP contribution < -0.4 is 16.0 Å². The summed E-state index contributed by atoms with van der Waals surface area (Å²) in [6.45, 7) is 2.54. The molecule has 3 aromatic heterocycles. The Bertz CT molecular complexity index is 1100. The van der Waals surface area contributed by atoms with Crippen LogP contribution in [-0.4, -0.2) is 26.2 Å². The first-order valence-corrected chi connectivity index (χ1v) is 9.28. The van der Waals surface area contributed by atoms with Crippen molar-refractivity contribution in [2.24, 2.45) is 0 Å². The molecule has 146 valence electrons. The molecule has 0 saturated carbocycles. The Labute approximate surface area is 167 Å². The van der Waals surface area contributed by atoms with Crippen LogP contribution in [0.2, 0.25) is 0 Å². The third-order valence-electron chi connectivity index (χ3n) is 4.52. The molecule has 1 atom stereocenters. The monoisotopic (exact) mass is 387 g/mol. The van der Waals surface area contributed by atoms with Gasteiger partial charge in [-0.3, -0.25) is 15.4 Å². The number of hydrogen-bond acceptors (Lipinski definition) is 5. The molecule has 0 aliphatic heterocycles.